The molecule has 1 saturated heterocycles. The topological polar surface area (TPSA) is 102 Å². The minimum Gasteiger partial charge on any atom is -0.367 e. The zero-order chi connectivity index (χ0) is 28.1. The number of hydrogen-bond acceptors (Lipinski definition) is 7. The highest BCUT2D eigenvalue weighted by Gasteiger charge is 2.64. The van der Waals surface area contributed by atoms with Crippen molar-refractivity contribution in [1.82, 2.24) is 20.2 Å². The van der Waals surface area contributed by atoms with E-state index in [1.54, 1.807) is 20.0 Å². The van der Waals surface area contributed by atoms with Gasteiger partial charge in [-0.3, -0.25) is 9.59 Å². The standard InChI is InChI=1S/C28H37ClFN7O2/c1-16(38)36-8-10-37(11-9-36)22-7-6-18(14-20(22)29)33-26-32-15-21(30)24(34-26)35-28(4)19(25(39)31-5)12-17-13-23(28)27(17,2)3/h6-7,14-15,17,19,23H,8-13H2,1-5H3,(H,31,39)(H2,32,33,34,35)/t17-,19+,23+,28-/m0/s1. The fourth-order valence-electron chi connectivity index (χ4n) is 6.94. The molecule has 1 aliphatic heterocycles. The minimum absolute atomic E-state index is 0.0412. The lowest BCUT2D eigenvalue weighted by Gasteiger charge is -2.66. The van der Waals surface area contributed by atoms with Gasteiger partial charge in [0.2, 0.25) is 17.8 Å². The molecule has 1 aromatic carbocycles. The maximum atomic E-state index is 15.0. The summed E-state index contributed by atoms with van der Waals surface area (Å²) in [6, 6.07) is 5.58. The van der Waals surface area contributed by atoms with E-state index in [2.05, 4.69) is 44.7 Å². The summed E-state index contributed by atoms with van der Waals surface area (Å²) in [5, 5.41) is 9.83. The van der Waals surface area contributed by atoms with Crippen molar-refractivity contribution in [2.45, 2.75) is 46.1 Å². The second-order valence-electron chi connectivity index (χ2n) is 11.8. The molecule has 3 aliphatic carbocycles. The number of nitrogens with zero attached hydrogens (tertiary/aromatic N) is 4. The molecule has 0 radical (unpaired) electrons. The van der Waals surface area contributed by atoms with Crippen molar-refractivity contribution in [3.05, 3.63) is 35.2 Å². The normalized spacial score (nSPS) is 27.4. The zero-order valence-corrected chi connectivity index (χ0v) is 23.9. The van der Waals surface area contributed by atoms with Gasteiger partial charge >= 0.3 is 0 Å². The first-order valence-corrected chi connectivity index (χ1v) is 13.9. The van der Waals surface area contributed by atoms with E-state index in [-0.39, 0.29) is 40.8 Å². The van der Waals surface area contributed by atoms with Gasteiger partial charge in [0.15, 0.2) is 11.6 Å². The maximum Gasteiger partial charge on any atom is 0.229 e. The van der Waals surface area contributed by atoms with Gasteiger partial charge in [0.1, 0.15) is 0 Å². The molecule has 9 nitrogen and oxygen atoms in total. The van der Waals surface area contributed by atoms with E-state index >= 15 is 4.39 Å². The van der Waals surface area contributed by atoms with Gasteiger partial charge in [-0.2, -0.15) is 4.98 Å². The number of piperazine rings is 1. The van der Waals surface area contributed by atoms with Crippen LogP contribution in [-0.2, 0) is 9.59 Å². The van der Waals surface area contributed by atoms with Crippen LogP contribution in [0.5, 0.6) is 0 Å². The average molecular weight is 558 g/mol. The fourth-order valence-corrected chi connectivity index (χ4v) is 7.24. The third kappa shape index (κ3) is 4.88. The van der Waals surface area contributed by atoms with Crippen molar-refractivity contribution >= 4 is 46.6 Å². The van der Waals surface area contributed by atoms with E-state index in [0.717, 1.165) is 24.7 Å². The number of halogens is 2. The number of rotatable bonds is 6. The predicted octanol–water partition coefficient (Wildman–Crippen LogP) is 4.28. The Labute approximate surface area is 233 Å². The van der Waals surface area contributed by atoms with Crippen molar-refractivity contribution in [1.29, 1.82) is 0 Å². The molecule has 6 rings (SSSR count). The Morgan fingerprint density at radius 1 is 1.13 bits per heavy atom. The molecule has 4 aliphatic rings. The van der Waals surface area contributed by atoms with Gasteiger partial charge in [-0.1, -0.05) is 25.4 Å². The molecule has 0 spiro atoms. The quantitative estimate of drug-likeness (QED) is 0.487. The third-order valence-electron chi connectivity index (χ3n) is 9.40. The summed E-state index contributed by atoms with van der Waals surface area (Å²) < 4.78 is 15.0. The number of carbonyl (C=O) groups excluding carboxylic acids is 2. The van der Waals surface area contributed by atoms with Crippen molar-refractivity contribution in [2.24, 2.45) is 23.2 Å². The van der Waals surface area contributed by atoms with Crippen LogP contribution in [0.4, 0.5) is 27.5 Å². The fraction of sp³-hybridized carbons (Fsp3) is 0.571. The van der Waals surface area contributed by atoms with Crippen molar-refractivity contribution in [3.8, 4) is 0 Å². The lowest BCUT2D eigenvalue weighted by molar-refractivity contribution is -0.155. The number of anilines is 4. The van der Waals surface area contributed by atoms with Crippen LogP contribution >= 0.6 is 11.6 Å². The molecule has 4 atom stereocenters. The Hall–Kier alpha value is -3.14. The monoisotopic (exact) mass is 557 g/mol. The summed E-state index contributed by atoms with van der Waals surface area (Å²) in [6.45, 7) is 10.8. The first-order valence-electron chi connectivity index (χ1n) is 13.5. The Kier molecular flexibility index (Phi) is 7.11. The number of hydrogen-bond donors (Lipinski definition) is 3. The maximum absolute atomic E-state index is 15.0. The van der Waals surface area contributed by atoms with Crippen LogP contribution in [-0.4, -0.2) is 65.4 Å². The molecule has 39 heavy (non-hydrogen) atoms. The van der Waals surface area contributed by atoms with Crippen molar-refractivity contribution in [2.75, 3.05) is 48.8 Å². The van der Waals surface area contributed by atoms with Gasteiger partial charge in [0.25, 0.3) is 0 Å². The number of aromatic nitrogens is 2. The van der Waals surface area contributed by atoms with Crippen LogP contribution in [0.2, 0.25) is 5.02 Å². The summed E-state index contributed by atoms with van der Waals surface area (Å²) >= 11 is 6.62. The van der Waals surface area contributed by atoms with Crippen LogP contribution < -0.4 is 20.9 Å². The molecule has 1 aromatic heterocycles. The lowest BCUT2D eigenvalue weighted by atomic mass is 9.40. The van der Waals surface area contributed by atoms with Crippen LogP contribution in [0.3, 0.4) is 0 Å². The molecule has 3 N–H and O–H groups in total. The first kappa shape index (κ1) is 27.4. The molecule has 2 heterocycles. The predicted molar refractivity (Wildman–Crippen MR) is 151 cm³/mol. The Balaban J connectivity index is 1.33. The second kappa shape index (κ2) is 10.1. The van der Waals surface area contributed by atoms with Crippen LogP contribution in [0.1, 0.15) is 40.5 Å². The number of amides is 2. The zero-order valence-electron chi connectivity index (χ0n) is 23.1. The van der Waals surface area contributed by atoms with Gasteiger partial charge in [-0.15, -0.1) is 0 Å². The number of carbonyl (C=O) groups is 2. The number of benzene rings is 1. The van der Waals surface area contributed by atoms with Crippen molar-refractivity contribution in [3.63, 3.8) is 0 Å². The first-order chi connectivity index (χ1) is 18.4. The molecular weight excluding hydrogens is 521 g/mol. The largest absolute Gasteiger partial charge is 0.367 e. The van der Waals surface area contributed by atoms with E-state index in [1.165, 1.54) is 0 Å². The van der Waals surface area contributed by atoms with E-state index in [1.807, 2.05) is 24.0 Å². The number of nitrogens with one attached hydrogen (secondary N) is 3. The molecule has 0 unspecified atom stereocenters. The smallest absolute Gasteiger partial charge is 0.229 e. The lowest BCUT2D eigenvalue weighted by Crippen LogP contribution is -2.69. The molecule has 2 aromatic rings. The highest BCUT2D eigenvalue weighted by atomic mass is 35.5. The summed E-state index contributed by atoms with van der Waals surface area (Å²) in [7, 11) is 1.64. The number of fused-ring (bicyclic) bond motifs is 2. The van der Waals surface area contributed by atoms with E-state index in [4.69, 9.17) is 11.6 Å². The SMILES string of the molecule is CNC(=O)[C@H]1C[C@H]2C[C@H](C2(C)C)[C@@]1(C)Nc1nc(Nc2ccc(N3CCN(C(C)=O)CC3)c(Cl)c2)ncc1F. The minimum atomic E-state index is -0.665. The van der Waals surface area contributed by atoms with Gasteiger partial charge in [0, 0.05) is 45.8 Å². The highest BCUT2D eigenvalue weighted by Crippen LogP contribution is 2.65. The van der Waals surface area contributed by atoms with Gasteiger partial charge in [0.05, 0.1) is 28.4 Å². The van der Waals surface area contributed by atoms with E-state index < -0.39 is 11.4 Å². The average Bonchev–Trinajstić information content (AvgIpc) is 2.90. The highest BCUT2D eigenvalue weighted by molar-refractivity contribution is 6.33. The molecule has 4 fully saturated rings. The van der Waals surface area contributed by atoms with Gasteiger partial charge in [-0.25, -0.2) is 9.37 Å². The summed E-state index contributed by atoms with van der Waals surface area (Å²) in [4.78, 5) is 37.0. The van der Waals surface area contributed by atoms with Crippen LogP contribution in [0.25, 0.3) is 0 Å². The van der Waals surface area contributed by atoms with E-state index in [9.17, 15) is 9.59 Å². The second-order valence-corrected chi connectivity index (χ2v) is 12.2. The van der Waals surface area contributed by atoms with Gasteiger partial charge in [-0.05, 0) is 55.2 Å². The van der Waals surface area contributed by atoms with Crippen LogP contribution in [0.15, 0.2) is 24.4 Å². The Morgan fingerprint density at radius 2 is 1.85 bits per heavy atom. The molecule has 11 heteroatoms. The molecule has 210 valence electrons. The molecular formula is C28H37ClFN7O2. The summed E-state index contributed by atoms with van der Waals surface area (Å²) in [6.07, 6.45) is 2.88. The van der Waals surface area contributed by atoms with Gasteiger partial charge < -0.3 is 25.8 Å². The van der Waals surface area contributed by atoms with Crippen molar-refractivity contribution < 1.29 is 14.0 Å². The summed E-state index contributed by atoms with van der Waals surface area (Å²) in [5.41, 5.74) is 0.939. The van der Waals surface area contributed by atoms with E-state index in [0.29, 0.717) is 42.8 Å². The Bertz CT molecular complexity index is 1280. The summed E-state index contributed by atoms with van der Waals surface area (Å²) in [5.74, 6) is 0.119. The Morgan fingerprint density at radius 3 is 2.46 bits per heavy atom. The molecule has 2 amide bonds. The molecule has 3 saturated carbocycles. The molecule has 2 bridgehead atoms. The van der Waals surface area contributed by atoms with Crippen LogP contribution in [0, 0.1) is 29.0 Å². The third-order valence-corrected chi connectivity index (χ3v) is 9.71.